The van der Waals surface area contributed by atoms with Crippen LogP contribution in [0.4, 0.5) is 0 Å². The van der Waals surface area contributed by atoms with Crippen LogP contribution in [0.25, 0.3) is 0 Å². The standard InChI is InChI=1S/C44H82O22/c1-3-43(45)65-41-39-63-37-35-61-33-31-59-29-27-57-25-23-55-21-19-53-17-15-51-13-11-49-9-7-47-5-6-48-8-10-50-12-14-52-16-18-54-20-22-56-24-26-58-28-30-60-32-34-62-36-38-64-40-42-66-44(46)4-2/h3-4H,1-2,5-42H2. The van der Waals surface area contributed by atoms with E-state index >= 15 is 0 Å². The molecule has 0 aromatic rings. The highest BCUT2D eigenvalue weighted by molar-refractivity contribution is 5.81. The molecular formula is C44H82O22. The molecule has 0 unspecified atom stereocenters. The average molecular weight is 963 g/mol. The Morgan fingerprint density at radius 1 is 0.197 bits per heavy atom. The summed E-state index contributed by atoms with van der Waals surface area (Å²) < 4.78 is 108. The van der Waals surface area contributed by atoms with Gasteiger partial charge < -0.3 is 94.7 Å². The summed E-state index contributed by atoms with van der Waals surface area (Å²) in [5, 5.41) is 0. The lowest BCUT2D eigenvalue weighted by atomic mass is 10.6. The first-order valence-electron chi connectivity index (χ1n) is 22.7. The smallest absolute Gasteiger partial charge is 0.330 e. The average Bonchev–Trinajstić information content (AvgIpc) is 3.33. The SMILES string of the molecule is C=CC(=O)OCCOCCOCCOCCOCCOCCOCCOCCOCCOCCOCCOCCOCCOCCOCCOCCOCCOCCOCCOC(=O)C=C. The van der Waals surface area contributed by atoms with Crippen molar-refractivity contribution in [1.82, 2.24) is 0 Å². The van der Waals surface area contributed by atoms with Gasteiger partial charge in [0.15, 0.2) is 0 Å². The Balaban J connectivity index is 3.08. The van der Waals surface area contributed by atoms with Crippen LogP contribution in [0.3, 0.4) is 0 Å². The van der Waals surface area contributed by atoms with Gasteiger partial charge in [0.05, 0.1) is 238 Å². The van der Waals surface area contributed by atoms with Crippen molar-refractivity contribution >= 4 is 11.9 Å². The van der Waals surface area contributed by atoms with E-state index in [1.165, 1.54) is 0 Å². The molecule has 0 aliphatic rings. The highest BCUT2D eigenvalue weighted by Gasteiger charge is 2.00. The highest BCUT2D eigenvalue weighted by atomic mass is 16.6. The molecule has 0 aromatic heterocycles. The Morgan fingerprint density at radius 3 is 0.379 bits per heavy atom. The van der Waals surface area contributed by atoms with Gasteiger partial charge in [0.2, 0.25) is 0 Å². The van der Waals surface area contributed by atoms with E-state index in [9.17, 15) is 9.59 Å². The van der Waals surface area contributed by atoms with Gasteiger partial charge in [0, 0.05) is 12.2 Å². The van der Waals surface area contributed by atoms with Crippen LogP contribution in [0.15, 0.2) is 25.3 Å². The van der Waals surface area contributed by atoms with Crippen molar-refractivity contribution in [2.75, 3.05) is 251 Å². The van der Waals surface area contributed by atoms with Crippen molar-refractivity contribution < 1.29 is 104 Å². The summed E-state index contributed by atoms with van der Waals surface area (Å²) in [7, 11) is 0. The van der Waals surface area contributed by atoms with Crippen LogP contribution >= 0.6 is 0 Å². The van der Waals surface area contributed by atoms with E-state index in [0.717, 1.165) is 12.2 Å². The maximum Gasteiger partial charge on any atom is 0.330 e. The highest BCUT2D eigenvalue weighted by Crippen LogP contribution is 1.90. The molecule has 0 spiro atoms. The predicted molar refractivity (Wildman–Crippen MR) is 237 cm³/mol. The van der Waals surface area contributed by atoms with Gasteiger partial charge in [-0.2, -0.15) is 0 Å². The van der Waals surface area contributed by atoms with Gasteiger partial charge in [0.1, 0.15) is 13.2 Å². The molecule has 0 bridgehead atoms. The van der Waals surface area contributed by atoms with Gasteiger partial charge in [-0.25, -0.2) is 9.59 Å². The Morgan fingerprint density at radius 2 is 0.288 bits per heavy atom. The Labute approximate surface area is 392 Å². The number of rotatable bonds is 59. The zero-order valence-corrected chi connectivity index (χ0v) is 39.4. The van der Waals surface area contributed by atoms with Crippen molar-refractivity contribution in [2.45, 2.75) is 0 Å². The summed E-state index contributed by atoms with van der Waals surface area (Å²) in [5.74, 6) is -0.930. The molecule has 0 saturated carbocycles. The third kappa shape index (κ3) is 57.8. The largest absolute Gasteiger partial charge is 0.460 e. The second-order valence-corrected chi connectivity index (χ2v) is 12.8. The molecular weight excluding hydrogens is 880 g/mol. The topological polar surface area (TPSA) is 219 Å². The minimum Gasteiger partial charge on any atom is -0.460 e. The Bertz CT molecular complexity index is 922. The fourth-order valence-corrected chi connectivity index (χ4v) is 4.36. The maximum atomic E-state index is 10.9. The van der Waals surface area contributed by atoms with Crippen LogP contribution in [-0.4, -0.2) is 263 Å². The second-order valence-electron chi connectivity index (χ2n) is 12.8. The number of carbonyl (C=O) groups is 2. The zero-order chi connectivity index (χ0) is 47.6. The van der Waals surface area contributed by atoms with E-state index in [2.05, 4.69) is 13.2 Å². The minimum atomic E-state index is -0.465. The van der Waals surface area contributed by atoms with Crippen LogP contribution in [0.2, 0.25) is 0 Å². The first-order valence-corrected chi connectivity index (χ1v) is 22.7. The first-order chi connectivity index (χ1) is 32.7. The molecule has 0 fully saturated rings. The van der Waals surface area contributed by atoms with Crippen LogP contribution in [-0.2, 0) is 104 Å². The number of carbonyl (C=O) groups excluding carboxylic acids is 2. The van der Waals surface area contributed by atoms with Crippen molar-refractivity contribution in [3.05, 3.63) is 25.3 Å². The quantitative estimate of drug-likeness (QED) is 0.0467. The molecule has 0 rings (SSSR count). The third-order valence-electron chi connectivity index (χ3n) is 7.60. The van der Waals surface area contributed by atoms with Crippen molar-refractivity contribution in [3.63, 3.8) is 0 Å². The van der Waals surface area contributed by atoms with Crippen LogP contribution in [0.1, 0.15) is 0 Å². The van der Waals surface area contributed by atoms with Gasteiger partial charge in [0.25, 0.3) is 0 Å². The summed E-state index contributed by atoms with van der Waals surface area (Å²) in [5.41, 5.74) is 0. The lowest BCUT2D eigenvalue weighted by Gasteiger charge is -2.09. The van der Waals surface area contributed by atoms with E-state index < -0.39 is 11.9 Å². The maximum absolute atomic E-state index is 10.9. The molecule has 22 nitrogen and oxygen atoms in total. The number of hydrogen-bond acceptors (Lipinski definition) is 22. The molecule has 0 heterocycles. The molecule has 66 heavy (non-hydrogen) atoms. The second kappa shape index (κ2) is 58.8. The van der Waals surface area contributed by atoms with Gasteiger partial charge >= 0.3 is 11.9 Å². The van der Waals surface area contributed by atoms with Gasteiger partial charge in [-0.05, 0) is 0 Å². The molecule has 0 aromatic carbocycles. The van der Waals surface area contributed by atoms with Crippen LogP contribution in [0, 0.1) is 0 Å². The predicted octanol–water partition coefficient (Wildman–Crippen LogP) is 0.744. The van der Waals surface area contributed by atoms with Gasteiger partial charge in [-0.3, -0.25) is 0 Å². The molecule has 22 heteroatoms. The number of hydrogen-bond donors (Lipinski definition) is 0. The van der Waals surface area contributed by atoms with Crippen molar-refractivity contribution in [3.8, 4) is 0 Å². The lowest BCUT2D eigenvalue weighted by molar-refractivity contribution is -0.140. The number of esters is 2. The van der Waals surface area contributed by atoms with E-state index in [1.54, 1.807) is 0 Å². The molecule has 0 N–H and O–H groups in total. The molecule has 0 saturated heterocycles. The van der Waals surface area contributed by atoms with E-state index in [0.29, 0.717) is 238 Å². The molecule has 0 atom stereocenters. The normalized spacial score (nSPS) is 11.3. The third-order valence-corrected chi connectivity index (χ3v) is 7.60. The molecule has 0 radical (unpaired) electrons. The lowest BCUT2D eigenvalue weighted by Crippen LogP contribution is -2.16. The van der Waals surface area contributed by atoms with Gasteiger partial charge in [-0.1, -0.05) is 13.2 Å². The van der Waals surface area contributed by atoms with E-state index in [4.69, 9.17) is 94.7 Å². The van der Waals surface area contributed by atoms with Crippen LogP contribution in [0.5, 0.6) is 0 Å². The number of ether oxygens (including phenoxy) is 20. The van der Waals surface area contributed by atoms with E-state index in [-0.39, 0.29) is 13.2 Å². The summed E-state index contributed by atoms with van der Waals surface area (Å²) in [6.07, 6.45) is 2.22. The molecule has 0 aliphatic carbocycles. The minimum absolute atomic E-state index is 0.190. The summed E-state index contributed by atoms with van der Waals surface area (Å²) in [6, 6.07) is 0. The molecule has 390 valence electrons. The zero-order valence-electron chi connectivity index (χ0n) is 39.4. The fraction of sp³-hybridized carbons (Fsp3) is 0.864. The summed E-state index contributed by atoms with van der Waals surface area (Å²) >= 11 is 0. The van der Waals surface area contributed by atoms with Crippen LogP contribution < -0.4 is 0 Å². The summed E-state index contributed by atoms with van der Waals surface area (Å²) in [4.78, 5) is 21.7. The molecule has 0 aliphatic heterocycles. The van der Waals surface area contributed by atoms with Crippen molar-refractivity contribution in [2.24, 2.45) is 0 Å². The van der Waals surface area contributed by atoms with E-state index in [1.807, 2.05) is 0 Å². The fourth-order valence-electron chi connectivity index (χ4n) is 4.36. The molecule has 0 amide bonds. The monoisotopic (exact) mass is 963 g/mol. The van der Waals surface area contributed by atoms with Gasteiger partial charge in [-0.15, -0.1) is 0 Å². The first kappa shape index (κ1) is 63.7. The Kier molecular flexibility index (Phi) is 56.8. The van der Waals surface area contributed by atoms with Crippen molar-refractivity contribution in [1.29, 1.82) is 0 Å². The summed E-state index contributed by atoms with van der Waals surface area (Å²) in [6.45, 7) is 23.7. The Hall–Kier alpha value is -2.30.